The summed E-state index contributed by atoms with van der Waals surface area (Å²) in [7, 11) is -0.909. The van der Waals surface area contributed by atoms with Crippen LogP contribution in [0, 0.1) is 0 Å². The molecule has 0 aliphatic carbocycles. The molecule has 1 atom stereocenters. The number of hydrogen-bond donors (Lipinski definition) is 0. The number of unbranched alkanes of at least 4 members (excludes halogenated alkanes) is 8. The van der Waals surface area contributed by atoms with Crippen LogP contribution in [0.4, 0.5) is 0 Å². The third kappa shape index (κ3) is 13.0. The lowest BCUT2D eigenvalue weighted by Gasteiger charge is -2.25. The van der Waals surface area contributed by atoms with Crippen molar-refractivity contribution in [1.82, 2.24) is 0 Å². The van der Waals surface area contributed by atoms with Gasteiger partial charge in [0.1, 0.15) is 0 Å². The molecular weight excluding hydrogens is 364 g/mol. The zero-order chi connectivity index (χ0) is 21.0. The largest absolute Gasteiger partial charge is 0.0914 e. The Morgan fingerprint density at radius 3 is 1.69 bits per heavy atom. The van der Waals surface area contributed by atoms with Crippen LogP contribution < -0.4 is 0 Å². The van der Waals surface area contributed by atoms with E-state index in [1.807, 2.05) is 0 Å². The van der Waals surface area contributed by atoms with Gasteiger partial charge in [-0.25, -0.2) is 0 Å². The average molecular weight is 413 g/mol. The topological polar surface area (TPSA) is 0 Å². The molecule has 0 spiro atoms. The van der Waals surface area contributed by atoms with Gasteiger partial charge in [-0.15, -0.1) is 0 Å². The molecule has 0 amide bonds. The van der Waals surface area contributed by atoms with Gasteiger partial charge in [-0.05, 0) is 55.3 Å². The Hall–Kier alpha value is -1.08. The Morgan fingerprint density at radius 2 is 1.17 bits per heavy atom. The van der Waals surface area contributed by atoms with Gasteiger partial charge in [0.05, 0.1) is 8.80 Å². The normalized spacial score (nSPS) is 14.0. The predicted octanol–water partition coefficient (Wildman–Crippen LogP) is 9.39. The van der Waals surface area contributed by atoms with Gasteiger partial charge in [0.2, 0.25) is 0 Å². The highest BCUT2D eigenvalue weighted by Crippen LogP contribution is 2.30. The molecule has 1 heteroatoms. The van der Waals surface area contributed by atoms with E-state index in [-0.39, 0.29) is 0 Å². The smallest absolute Gasteiger partial charge is 0.0523 e. The minimum Gasteiger partial charge on any atom is -0.0914 e. The molecule has 0 heterocycles. The maximum atomic E-state index is 2.55. The summed E-state index contributed by atoms with van der Waals surface area (Å²) in [6.07, 6.45) is 26.2. The van der Waals surface area contributed by atoms with E-state index in [4.69, 9.17) is 0 Å². The third-order valence-corrected chi connectivity index (χ3v) is 9.69. The van der Waals surface area contributed by atoms with Crippen molar-refractivity contribution in [2.75, 3.05) is 0 Å². The molecule has 0 aliphatic heterocycles. The summed E-state index contributed by atoms with van der Waals surface area (Å²) >= 11 is 0. The Balaban J connectivity index is 2.78. The highest BCUT2D eigenvalue weighted by molar-refractivity contribution is 6.61. The van der Waals surface area contributed by atoms with Crippen LogP contribution in [0.2, 0.25) is 12.1 Å². The third-order valence-electron chi connectivity index (χ3n) is 6.08. The highest BCUT2D eigenvalue weighted by atomic mass is 28.3. The fraction of sp³-hybridized carbons (Fsp3) is 0.643. The van der Waals surface area contributed by atoms with Gasteiger partial charge >= 0.3 is 0 Å². The van der Waals surface area contributed by atoms with Crippen LogP contribution in [0.15, 0.2) is 54.6 Å². The Morgan fingerprint density at radius 1 is 0.655 bits per heavy atom. The van der Waals surface area contributed by atoms with Gasteiger partial charge in [-0.2, -0.15) is 0 Å². The van der Waals surface area contributed by atoms with Crippen molar-refractivity contribution < 1.29 is 0 Å². The summed E-state index contributed by atoms with van der Waals surface area (Å²) < 4.78 is 0. The fourth-order valence-electron chi connectivity index (χ4n) is 4.22. The van der Waals surface area contributed by atoms with Crippen LogP contribution in [-0.4, -0.2) is 8.80 Å². The Kier molecular flexibility index (Phi) is 16.9. The zero-order valence-corrected chi connectivity index (χ0v) is 20.9. The standard InChI is InChI=1S/C28H48Si/c1-4-7-10-12-14-20-25-29(26-21-15-13-11-8-5-2)28(24-17-9-6-3)27-22-18-16-19-23-27/h14-16,18-23,28-29H,4-13,17,24-26H2,1-3H3. The van der Waals surface area contributed by atoms with E-state index in [1.54, 1.807) is 5.56 Å². The van der Waals surface area contributed by atoms with Crippen molar-refractivity contribution in [3.05, 3.63) is 60.2 Å². The molecular formula is C28H48Si. The van der Waals surface area contributed by atoms with Crippen molar-refractivity contribution >= 4 is 8.80 Å². The van der Waals surface area contributed by atoms with Crippen molar-refractivity contribution in [3.8, 4) is 0 Å². The Bertz CT molecular complexity index is 494. The minimum atomic E-state index is -0.909. The molecule has 0 saturated carbocycles. The van der Waals surface area contributed by atoms with Gasteiger partial charge in [-0.3, -0.25) is 0 Å². The van der Waals surface area contributed by atoms with Gasteiger partial charge < -0.3 is 0 Å². The molecule has 0 fully saturated rings. The van der Waals surface area contributed by atoms with Crippen LogP contribution in [-0.2, 0) is 0 Å². The van der Waals surface area contributed by atoms with Crippen molar-refractivity contribution in [3.63, 3.8) is 0 Å². The number of benzene rings is 1. The Labute approximate surface area is 184 Å². The molecule has 0 aromatic heterocycles. The predicted molar refractivity (Wildman–Crippen MR) is 137 cm³/mol. The molecule has 29 heavy (non-hydrogen) atoms. The molecule has 0 radical (unpaired) electrons. The minimum absolute atomic E-state index is 0.823. The number of hydrogen-bond acceptors (Lipinski definition) is 0. The first kappa shape index (κ1) is 26.0. The second-order valence-electron chi connectivity index (χ2n) is 8.68. The van der Waals surface area contributed by atoms with Crippen molar-refractivity contribution in [2.45, 2.75) is 115 Å². The summed E-state index contributed by atoms with van der Waals surface area (Å²) in [5.41, 5.74) is 2.43. The van der Waals surface area contributed by atoms with E-state index < -0.39 is 8.80 Å². The van der Waals surface area contributed by atoms with Crippen LogP contribution in [0.25, 0.3) is 0 Å². The lowest BCUT2D eigenvalue weighted by molar-refractivity contribution is 0.647. The van der Waals surface area contributed by atoms with E-state index in [1.165, 1.54) is 89.1 Å². The second kappa shape index (κ2) is 18.9. The monoisotopic (exact) mass is 412 g/mol. The summed E-state index contributed by atoms with van der Waals surface area (Å²) in [4.78, 5) is 0. The lowest BCUT2D eigenvalue weighted by atomic mass is 10.1. The van der Waals surface area contributed by atoms with Crippen molar-refractivity contribution in [2.24, 2.45) is 0 Å². The summed E-state index contributed by atoms with van der Waals surface area (Å²) in [6.45, 7) is 6.91. The average Bonchev–Trinajstić information content (AvgIpc) is 2.75. The van der Waals surface area contributed by atoms with E-state index in [2.05, 4.69) is 75.4 Å². The fourth-order valence-corrected chi connectivity index (χ4v) is 7.62. The van der Waals surface area contributed by atoms with E-state index >= 15 is 0 Å². The van der Waals surface area contributed by atoms with Gasteiger partial charge in [0, 0.05) is 0 Å². The number of rotatable bonds is 18. The maximum Gasteiger partial charge on any atom is 0.0523 e. The molecule has 0 N–H and O–H groups in total. The van der Waals surface area contributed by atoms with Crippen LogP contribution >= 0.6 is 0 Å². The summed E-state index contributed by atoms with van der Waals surface area (Å²) in [5.74, 6) is 0. The van der Waals surface area contributed by atoms with Gasteiger partial charge in [-0.1, -0.05) is 120 Å². The van der Waals surface area contributed by atoms with Crippen molar-refractivity contribution in [1.29, 1.82) is 0 Å². The maximum absolute atomic E-state index is 2.55. The molecule has 0 nitrogen and oxygen atoms in total. The van der Waals surface area contributed by atoms with Gasteiger partial charge in [0.15, 0.2) is 0 Å². The lowest BCUT2D eigenvalue weighted by Crippen LogP contribution is -2.22. The molecule has 1 unspecified atom stereocenters. The van der Waals surface area contributed by atoms with Crippen LogP contribution in [0.1, 0.15) is 109 Å². The van der Waals surface area contributed by atoms with E-state index in [0.29, 0.717) is 0 Å². The van der Waals surface area contributed by atoms with E-state index in [0.717, 1.165) is 5.54 Å². The summed E-state index contributed by atoms with van der Waals surface area (Å²) in [6, 6.07) is 14.2. The first-order chi connectivity index (χ1) is 14.3. The van der Waals surface area contributed by atoms with E-state index in [9.17, 15) is 0 Å². The molecule has 1 aromatic rings. The zero-order valence-electron chi connectivity index (χ0n) is 19.8. The molecule has 164 valence electrons. The van der Waals surface area contributed by atoms with Gasteiger partial charge in [0.25, 0.3) is 0 Å². The molecule has 0 saturated heterocycles. The highest BCUT2D eigenvalue weighted by Gasteiger charge is 2.22. The van der Waals surface area contributed by atoms with Crippen LogP contribution in [0.3, 0.4) is 0 Å². The quantitative estimate of drug-likeness (QED) is 0.128. The molecule has 1 rings (SSSR count). The molecule has 1 aromatic carbocycles. The molecule has 0 aliphatic rings. The second-order valence-corrected chi connectivity index (χ2v) is 11.9. The molecule has 0 bridgehead atoms. The number of allylic oxidation sites excluding steroid dienone is 4. The SMILES string of the molecule is CCCCCC=CC[SiH](CC=CCCCCC)C(CCCCC)c1ccccc1. The van der Waals surface area contributed by atoms with Crippen LogP contribution in [0.5, 0.6) is 0 Å². The summed E-state index contributed by atoms with van der Waals surface area (Å²) in [5, 5.41) is 0. The first-order valence-corrected chi connectivity index (χ1v) is 15.0. The first-order valence-electron chi connectivity index (χ1n) is 12.7.